The minimum absolute atomic E-state index is 0. The van der Waals surface area contributed by atoms with E-state index in [0.717, 1.165) is 0 Å². The zero-order valence-corrected chi connectivity index (χ0v) is 15.8. The highest BCUT2D eigenvalue weighted by molar-refractivity contribution is 6.32. The Morgan fingerprint density at radius 1 is 1.36 bits per heavy atom. The fourth-order valence-electron chi connectivity index (χ4n) is 2.18. The predicted molar refractivity (Wildman–Crippen MR) is 98.5 cm³/mol. The highest BCUT2D eigenvalue weighted by Gasteiger charge is 2.35. The molecule has 0 bridgehead atoms. The van der Waals surface area contributed by atoms with Crippen LogP contribution in [-0.2, 0) is 14.3 Å². The van der Waals surface area contributed by atoms with Gasteiger partial charge in [-0.25, -0.2) is 0 Å². The molecule has 1 aliphatic rings. The number of nitrogens with two attached hydrogens (primary N) is 1. The van der Waals surface area contributed by atoms with Crippen LogP contribution in [0, 0.1) is 0 Å². The molecule has 7 nitrogen and oxygen atoms in total. The molecule has 9 heteroatoms. The number of likely N-dealkylation sites (N-methyl/N-ethyl adjacent to an activating group) is 1. The molecule has 2 rings (SSSR count). The van der Waals surface area contributed by atoms with E-state index < -0.39 is 5.54 Å². The SMILES string of the molecule is CN(C)C(=O)COc1ccc(NC(=O)C2(N)CCOCC2)cc1Cl.Cl. The number of carbonyl (C=O) groups is 2. The first-order chi connectivity index (χ1) is 11.3. The largest absolute Gasteiger partial charge is 0.482 e. The van der Waals surface area contributed by atoms with Crippen LogP contribution >= 0.6 is 24.0 Å². The Bertz CT molecular complexity index is 619. The summed E-state index contributed by atoms with van der Waals surface area (Å²) >= 11 is 6.14. The molecule has 0 radical (unpaired) electrons. The Morgan fingerprint density at radius 2 is 2.00 bits per heavy atom. The van der Waals surface area contributed by atoms with Gasteiger partial charge in [-0.3, -0.25) is 9.59 Å². The smallest absolute Gasteiger partial charge is 0.259 e. The van der Waals surface area contributed by atoms with Gasteiger partial charge >= 0.3 is 0 Å². The third-order valence-corrected chi connectivity index (χ3v) is 4.17. The van der Waals surface area contributed by atoms with Crippen LogP contribution < -0.4 is 15.8 Å². The predicted octanol–water partition coefficient (Wildman–Crippen LogP) is 1.68. The van der Waals surface area contributed by atoms with Crippen LogP contribution in [-0.4, -0.2) is 56.2 Å². The lowest BCUT2D eigenvalue weighted by Crippen LogP contribution is -2.54. The molecule has 1 aromatic carbocycles. The Kier molecular flexibility index (Phi) is 7.95. The van der Waals surface area contributed by atoms with E-state index in [0.29, 0.717) is 42.5 Å². The topological polar surface area (TPSA) is 93.9 Å². The first-order valence-corrected chi connectivity index (χ1v) is 8.00. The average Bonchev–Trinajstić information content (AvgIpc) is 2.54. The summed E-state index contributed by atoms with van der Waals surface area (Å²) < 4.78 is 10.6. The standard InChI is InChI=1S/C16H22ClN3O4.ClH/c1-20(2)14(21)10-24-13-4-3-11(9-12(13)17)19-15(22)16(18)5-7-23-8-6-16;/h3-4,9H,5-8,10,18H2,1-2H3,(H,19,22);1H. The van der Waals surface area contributed by atoms with Crippen LogP contribution in [0.3, 0.4) is 0 Å². The number of rotatable bonds is 5. The number of amides is 2. The Labute approximate surface area is 158 Å². The highest BCUT2D eigenvalue weighted by atomic mass is 35.5. The number of ether oxygens (including phenoxy) is 2. The zero-order valence-electron chi connectivity index (χ0n) is 14.2. The number of nitrogens with zero attached hydrogens (tertiary/aromatic N) is 1. The van der Waals surface area contributed by atoms with E-state index in [4.69, 9.17) is 26.8 Å². The number of hydrogen-bond donors (Lipinski definition) is 2. The third-order valence-electron chi connectivity index (χ3n) is 3.88. The molecular weight excluding hydrogens is 369 g/mol. The molecule has 1 aromatic rings. The van der Waals surface area contributed by atoms with Crippen LogP contribution in [0.25, 0.3) is 0 Å². The van der Waals surface area contributed by atoms with Gasteiger partial charge in [0.15, 0.2) is 6.61 Å². The van der Waals surface area contributed by atoms with E-state index in [-0.39, 0.29) is 30.8 Å². The van der Waals surface area contributed by atoms with Gasteiger partial charge in [-0.1, -0.05) is 11.6 Å². The summed E-state index contributed by atoms with van der Waals surface area (Å²) in [5.74, 6) is -0.0650. The van der Waals surface area contributed by atoms with Crippen molar-refractivity contribution in [2.45, 2.75) is 18.4 Å². The van der Waals surface area contributed by atoms with E-state index in [1.807, 2.05) is 0 Å². The van der Waals surface area contributed by atoms with Crippen molar-refractivity contribution in [2.75, 3.05) is 39.2 Å². The fraction of sp³-hybridized carbons (Fsp3) is 0.500. The zero-order chi connectivity index (χ0) is 17.7. The second-order valence-corrected chi connectivity index (χ2v) is 6.35. The molecule has 0 saturated carbocycles. The fourth-order valence-corrected chi connectivity index (χ4v) is 2.42. The molecule has 0 aromatic heterocycles. The molecule has 1 saturated heterocycles. The lowest BCUT2D eigenvalue weighted by atomic mass is 9.90. The van der Waals surface area contributed by atoms with Gasteiger partial charge in [-0.05, 0) is 31.0 Å². The Hall–Kier alpha value is -1.54. The lowest BCUT2D eigenvalue weighted by Gasteiger charge is -2.31. The van der Waals surface area contributed by atoms with E-state index in [1.54, 1.807) is 32.3 Å². The molecule has 1 aliphatic heterocycles. The molecule has 1 heterocycles. The average molecular weight is 392 g/mol. The highest BCUT2D eigenvalue weighted by Crippen LogP contribution is 2.28. The van der Waals surface area contributed by atoms with Gasteiger partial charge in [0.05, 0.1) is 5.02 Å². The maximum atomic E-state index is 12.4. The number of anilines is 1. The molecule has 0 unspecified atom stereocenters. The maximum absolute atomic E-state index is 12.4. The third kappa shape index (κ3) is 5.74. The van der Waals surface area contributed by atoms with Crippen molar-refractivity contribution in [1.29, 1.82) is 0 Å². The minimum atomic E-state index is -0.933. The summed E-state index contributed by atoms with van der Waals surface area (Å²) in [6.07, 6.45) is 0.945. The summed E-state index contributed by atoms with van der Waals surface area (Å²) in [7, 11) is 3.29. The molecule has 25 heavy (non-hydrogen) atoms. The number of benzene rings is 1. The van der Waals surface area contributed by atoms with Crippen molar-refractivity contribution in [3.05, 3.63) is 23.2 Å². The first kappa shape index (κ1) is 21.5. The molecular formula is C16H23Cl2N3O4. The normalized spacial score (nSPS) is 15.7. The molecule has 1 fully saturated rings. The molecule has 2 amide bonds. The summed E-state index contributed by atoms with van der Waals surface area (Å²) in [6, 6.07) is 4.83. The molecule has 0 atom stereocenters. The van der Waals surface area contributed by atoms with Gasteiger partial charge in [0.1, 0.15) is 11.3 Å². The van der Waals surface area contributed by atoms with E-state index in [9.17, 15) is 9.59 Å². The van der Waals surface area contributed by atoms with E-state index >= 15 is 0 Å². The van der Waals surface area contributed by atoms with Crippen molar-refractivity contribution in [1.82, 2.24) is 4.90 Å². The Morgan fingerprint density at radius 3 is 2.56 bits per heavy atom. The van der Waals surface area contributed by atoms with Crippen LogP contribution in [0.5, 0.6) is 5.75 Å². The van der Waals surface area contributed by atoms with Crippen molar-refractivity contribution in [3.8, 4) is 5.75 Å². The lowest BCUT2D eigenvalue weighted by molar-refractivity contribution is -0.130. The first-order valence-electron chi connectivity index (χ1n) is 7.62. The number of carbonyl (C=O) groups excluding carboxylic acids is 2. The minimum Gasteiger partial charge on any atom is -0.482 e. The second-order valence-electron chi connectivity index (χ2n) is 5.94. The van der Waals surface area contributed by atoms with Crippen molar-refractivity contribution >= 4 is 41.5 Å². The van der Waals surface area contributed by atoms with E-state index in [2.05, 4.69) is 5.32 Å². The van der Waals surface area contributed by atoms with Gasteiger partial charge in [0, 0.05) is 33.0 Å². The molecule has 3 N–H and O–H groups in total. The van der Waals surface area contributed by atoms with Crippen molar-refractivity contribution in [3.63, 3.8) is 0 Å². The quantitative estimate of drug-likeness (QED) is 0.795. The summed E-state index contributed by atoms with van der Waals surface area (Å²) in [5, 5.41) is 3.07. The monoisotopic (exact) mass is 391 g/mol. The second kappa shape index (κ2) is 9.24. The van der Waals surface area contributed by atoms with Crippen LogP contribution in [0.2, 0.25) is 5.02 Å². The molecule has 0 spiro atoms. The summed E-state index contributed by atoms with van der Waals surface area (Å²) in [6.45, 7) is 0.832. The van der Waals surface area contributed by atoms with Gasteiger partial charge in [-0.15, -0.1) is 12.4 Å². The van der Waals surface area contributed by atoms with Gasteiger partial charge in [0.2, 0.25) is 5.91 Å². The van der Waals surface area contributed by atoms with Gasteiger partial charge in [0.25, 0.3) is 5.91 Å². The van der Waals surface area contributed by atoms with Gasteiger partial charge < -0.3 is 25.4 Å². The Balaban J connectivity index is 0.00000312. The van der Waals surface area contributed by atoms with Crippen molar-refractivity contribution < 1.29 is 19.1 Å². The summed E-state index contributed by atoms with van der Waals surface area (Å²) in [5.41, 5.74) is 5.72. The van der Waals surface area contributed by atoms with Gasteiger partial charge in [-0.2, -0.15) is 0 Å². The number of hydrogen-bond acceptors (Lipinski definition) is 5. The molecule has 0 aliphatic carbocycles. The molecule has 140 valence electrons. The number of nitrogens with one attached hydrogen (secondary N) is 1. The van der Waals surface area contributed by atoms with E-state index in [1.165, 1.54) is 4.90 Å². The summed E-state index contributed by atoms with van der Waals surface area (Å²) in [4.78, 5) is 25.3. The number of halogens is 2. The maximum Gasteiger partial charge on any atom is 0.259 e. The van der Waals surface area contributed by atoms with Crippen LogP contribution in [0.4, 0.5) is 5.69 Å². The van der Waals surface area contributed by atoms with Crippen molar-refractivity contribution in [2.24, 2.45) is 5.73 Å². The van der Waals surface area contributed by atoms with Crippen LogP contribution in [0.15, 0.2) is 18.2 Å². The van der Waals surface area contributed by atoms with Crippen LogP contribution in [0.1, 0.15) is 12.8 Å².